The van der Waals surface area contributed by atoms with E-state index in [9.17, 15) is 20.1 Å². The van der Waals surface area contributed by atoms with Crippen LogP contribution in [0.2, 0.25) is 0 Å². The van der Waals surface area contributed by atoms with Gasteiger partial charge in [0.25, 0.3) is 0 Å². The number of benzene rings is 1. The highest BCUT2D eigenvalue weighted by molar-refractivity contribution is 6.18. The number of aliphatic hydroxyl groups is 3. The molecule has 164 valence electrons. The second-order valence-corrected chi connectivity index (χ2v) is 7.77. The van der Waals surface area contributed by atoms with Crippen molar-refractivity contribution < 1.29 is 24.9 Å². The molecular weight excluding hydrogens is 400 g/mol. The molecule has 0 amide bonds. The topological polar surface area (TPSA) is 130 Å². The molecule has 1 aliphatic rings. The van der Waals surface area contributed by atoms with Crippen LogP contribution in [-0.4, -0.2) is 74.2 Å². The Morgan fingerprint density at radius 3 is 2.81 bits per heavy atom. The van der Waals surface area contributed by atoms with Crippen LogP contribution in [0.1, 0.15) is 22.3 Å². The third-order valence-electron chi connectivity index (χ3n) is 5.88. The third kappa shape index (κ3) is 4.05. The van der Waals surface area contributed by atoms with E-state index < -0.39 is 24.2 Å². The first kappa shape index (κ1) is 21.4. The number of methoxy groups -OCH3 is 1. The number of aliphatic hydroxyl groups excluding tert-OH is 3. The molecule has 31 heavy (non-hydrogen) atoms. The summed E-state index contributed by atoms with van der Waals surface area (Å²) in [6.07, 6.45) is 2.81. The zero-order chi connectivity index (χ0) is 22.0. The number of para-hydroxylation sites is 1. The van der Waals surface area contributed by atoms with Gasteiger partial charge in [0, 0.05) is 55.0 Å². The molecule has 1 aliphatic carbocycles. The van der Waals surface area contributed by atoms with Gasteiger partial charge in [0.1, 0.15) is 18.2 Å². The molecule has 0 radical (unpaired) electrons. The lowest BCUT2D eigenvalue weighted by Crippen LogP contribution is -2.36. The second-order valence-electron chi connectivity index (χ2n) is 7.77. The van der Waals surface area contributed by atoms with Crippen molar-refractivity contribution in [1.82, 2.24) is 14.5 Å². The number of nitrogens with one attached hydrogen (secondary N) is 1. The summed E-state index contributed by atoms with van der Waals surface area (Å²) in [7, 11) is 1.63. The normalized spacial score (nSPS) is 23.4. The minimum atomic E-state index is -1.08. The monoisotopic (exact) mass is 426 g/mol. The van der Waals surface area contributed by atoms with E-state index in [0.717, 1.165) is 10.9 Å². The smallest absolute Gasteiger partial charge is 0.200 e. The summed E-state index contributed by atoms with van der Waals surface area (Å²) in [5.74, 6) is -0.405. The Hall–Kier alpha value is -2.85. The average Bonchev–Trinajstić information content (AvgIpc) is 3.30. The lowest BCUT2D eigenvalue weighted by molar-refractivity contribution is 0.00445. The first-order chi connectivity index (χ1) is 15.0. The Kier molecular flexibility index (Phi) is 6.28. The molecule has 2 aromatic heterocycles. The van der Waals surface area contributed by atoms with Gasteiger partial charge in [0.05, 0.1) is 24.3 Å². The third-order valence-corrected chi connectivity index (χ3v) is 5.88. The molecule has 1 fully saturated rings. The van der Waals surface area contributed by atoms with Gasteiger partial charge in [-0.1, -0.05) is 18.2 Å². The summed E-state index contributed by atoms with van der Waals surface area (Å²) in [6.45, 7) is 0.893. The number of ether oxygens (including phenoxy) is 1. The van der Waals surface area contributed by atoms with E-state index in [0.29, 0.717) is 25.1 Å². The number of aromatic nitrogens is 3. The molecule has 4 atom stereocenters. The number of fused-ring (bicyclic) bond motifs is 1. The maximum Gasteiger partial charge on any atom is 0.200 e. The van der Waals surface area contributed by atoms with Crippen LogP contribution in [0.25, 0.3) is 10.9 Å². The highest BCUT2D eigenvalue weighted by Crippen LogP contribution is 2.30. The van der Waals surface area contributed by atoms with Crippen molar-refractivity contribution in [3.05, 3.63) is 54.1 Å². The first-order valence-electron chi connectivity index (χ1n) is 10.2. The van der Waals surface area contributed by atoms with Crippen LogP contribution in [0, 0.1) is 5.92 Å². The lowest BCUT2D eigenvalue weighted by atomic mass is 10.0. The van der Waals surface area contributed by atoms with E-state index in [1.165, 1.54) is 12.5 Å². The van der Waals surface area contributed by atoms with Gasteiger partial charge in [-0.2, -0.15) is 0 Å². The number of ketones is 1. The van der Waals surface area contributed by atoms with E-state index in [-0.39, 0.29) is 23.8 Å². The Labute approximate surface area is 179 Å². The fraction of sp³-hybridized carbons (Fsp3) is 0.409. The quantitative estimate of drug-likeness (QED) is 0.390. The van der Waals surface area contributed by atoms with Crippen LogP contribution in [0.4, 0.5) is 5.82 Å². The van der Waals surface area contributed by atoms with Gasteiger partial charge in [-0.25, -0.2) is 9.97 Å². The van der Waals surface area contributed by atoms with Crippen molar-refractivity contribution in [2.45, 2.75) is 31.2 Å². The summed E-state index contributed by atoms with van der Waals surface area (Å²) < 4.78 is 7.16. The Bertz CT molecular complexity index is 1070. The number of nitrogens with zero attached hydrogens (tertiary/aromatic N) is 3. The average molecular weight is 426 g/mol. The van der Waals surface area contributed by atoms with Crippen molar-refractivity contribution in [2.24, 2.45) is 5.92 Å². The minimum Gasteiger partial charge on any atom is -0.396 e. The SMILES string of the molecule is COCCn1cc(C(=O)c2cncnc2N[C@@H]2C[C@H](CO)[C@@H](O)[C@H]2O)c2ccccc21. The highest BCUT2D eigenvalue weighted by atomic mass is 16.5. The summed E-state index contributed by atoms with van der Waals surface area (Å²) in [6, 6.07) is 7.10. The van der Waals surface area contributed by atoms with Gasteiger partial charge in [0.2, 0.25) is 0 Å². The second kappa shape index (κ2) is 9.11. The fourth-order valence-corrected chi connectivity index (χ4v) is 4.18. The minimum absolute atomic E-state index is 0.229. The molecule has 0 spiro atoms. The Balaban J connectivity index is 1.67. The number of rotatable bonds is 8. The first-order valence-corrected chi connectivity index (χ1v) is 10.2. The standard InChI is InChI=1S/C22H26N4O5/c1-31-7-6-26-10-16(14-4-2-3-5-18(14)26)20(29)15-9-23-12-24-22(15)25-17-8-13(11-27)19(28)21(17)30/h2-5,9-10,12-13,17,19,21,27-28,30H,6-8,11H2,1H3,(H,23,24,25)/t13-,17-,19-,21+/m1/s1. The van der Waals surface area contributed by atoms with E-state index in [1.54, 1.807) is 13.3 Å². The van der Waals surface area contributed by atoms with E-state index in [4.69, 9.17) is 4.74 Å². The van der Waals surface area contributed by atoms with Crippen molar-refractivity contribution in [3.63, 3.8) is 0 Å². The number of hydrogen-bond donors (Lipinski definition) is 4. The van der Waals surface area contributed by atoms with E-state index in [2.05, 4.69) is 15.3 Å². The van der Waals surface area contributed by atoms with Crippen LogP contribution < -0.4 is 5.32 Å². The van der Waals surface area contributed by atoms with Crippen LogP contribution in [0.3, 0.4) is 0 Å². The van der Waals surface area contributed by atoms with Crippen molar-refractivity contribution in [2.75, 3.05) is 25.6 Å². The molecular formula is C22H26N4O5. The molecule has 4 N–H and O–H groups in total. The van der Waals surface area contributed by atoms with Crippen LogP contribution in [0.5, 0.6) is 0 Å². The van der Waals surface area contributed by atoms with Crippen molar-refractivity contribution in [1.29, 1.82) is 0 Å². The molecule has 9 nitrogen and oxygen atoms in total. The van der Waals surface area contributed by atoms with Gasteiger partial charge >= 0.3 is 0 Å². The maximum absolute atomic E-state index is 13.5. The molecule has 1 saturated carbocycles. The lowest BCUT2D eigenvalue weighted by Gasteiger charge is -2.19. The fourth-order valence-electron chi connectivity index (χ4n) is 4.18. The van der Waals surface area contributed by atoms with Crippen LogP contribution in [0.15, 0.2) is 43.0 Å². The van der Waals surface area contributed by atoms with Gasteiger partial charge in [-0.3, -0.25) is 4.79 Å². The molecule has 4 rings (SSSR count). The number of anilines is 1. The number of carbonyl (C=O) groups excluding carboxylic acids is 1. The molecule has 2 heterocycles. The predicted molar refractivity (Wildman–Crippen MR) is 114 cm³/mol. The van der Waals surface area contributed by atoms with E-state index >= 15 is 0 Å². The molecule has 3 aromatic rings. The molecule has 1 aromatic carbocycles. The zero-order valence-electron chi connectivity index (χ0n) is 17.2. The molecule has 0 bridgehead atoms. The summed E-state index contributed by atoms with van der Waals surface area (Å²) in [5.41, 5.74) is 1.71. The zero-order valence-corrected chi connectivity index (χ0v) is 17.2. The summed E-state index contributed by atoms with van der Waals surface area (Å²) >= 11 is 0. The number of carbonyl (C=O) groups is 1. The maximum atomic E-state index is 13.5. The largest absolute Gasteiger partial charge is 0.396 e. The molecule has 0 saturated heterocycles. The van der Waals surface area contributed by atoms with Gasteiger partial charge in [-0.15, -0.1) is 0 Å². The Morgan fingerprint density at radius 2 is 2.06 bits per heavy atom. The molecule has 0 unspecified atom stereocenters. The summed E-state index contributed by atoms with van der Waals surface area (Å²) in [4.78, 5) is 21.7. The van der Waals surface area contributed by atoms with Gasteiger partial charge in [-0.05, 0) is 12.5 Å². The van der Waals surface area contributed by atoms with Crippen molar-refractivity contribution in [3.8, 4) is 0 Å². The highest BCUT2D eigenvalue weighted by Gasteiger charge is 2.41. The van der Waals surface area contributed by atoms with E-state index in [1.807, 2.05) is 28.8 Å². The van der Waals surface area contributed by atoms with Gasteiger partial charge < -0.3 is 29.9 Å². The van der Waals surface area contributed by atoms with Crippen LogP contribution >= 0.6 is 0 Å². The Morgan fingerprint density at radius 1 is 1.26 bits per heavy atom. The van der Waals surface area contributed by atoms with Gasteiger partial charge in [0.15, 0.2) is 5.78 Å². The van der Waals surface area contributed by atoms with Crippen LogP contribution in [-0.2, 0) is 11.3 Å². The molecule has 0 aliphatic heterocycles. The predicted octanol–water partition coefficient (Wildman–Crippen LogP) is 0.823. The molecule has 9 heteroatoms. The summed E-state index contributed by atoms with van der Waals surface area (Å²) in [5, 5.41) is 33.7. The number of hydrogen-bond acceptors (Lipinski definition) is 8. The van der Waals surface area contributed by atoms with Crippen molar-refractivity contribution >= 4 is 22.5 Å².